The fraction of sp³-hybridized carbons (Fsp3) is 0.467. The summed E-state index contributed by atoms with van der Waals surface area (Å²) in [4.78, 5) is 0. The van der Waals surface area contributed by atoms with Crippen LogP contribution in [0.4, 0.5) is 0 Å². The molecule has 0 saturated heterocycles. The van der Waals surface area contributed by atoms with E-state index in [2.05, 4.69) is 0 Å². The van der Waals surface area contributed by atoms with E-state index in [9.17, 15) is 10.2 Å². The number of hydrogen-bond donors (Lipinski definition) is 2. The normalized spacial score (nSPS) is 11.8. The highest BCUT2D eigenvalue weighted by Gasteiger charge is 2.20. The third kappa shape index (κ3) is 4.51. The van der Waals surface area contributed by atoms with Crippen LogP contribution in [0, 0.1) is 6.92 Å². The molecule has 0 atom stereocenters. The molecule has 0 spiro atoms. The van der Waals surface area contributed by atoms with Crippen molar-refractivity contribution in [1.82, 2.24) is 0 Å². The Morgan fingerprint density at radius 1 is 1.24 bits per heavy atom. The number of hydrogen-bond acceptors (Lipinski definition) is 2. The molecule has 0 aromatic heterocycles. The molecule has 96 valence electrons. The first-order chi connectivity index (χ1) is 7.83. The van der Waals surface area contributed by atoms with E-state index in [1.54, 1.807) is 25.1 Å². The number of phenols is 1. The number of phenolic OH excluding ortho intramolecular Hbond substituents is 1. The lowest BCUT2D eigenvalue weighted by molar-refractivity contribution is 0.403. The van der Waals surface area contributed by atoms with E-state index in [1.807, 2.05) is 40.7 Å². The minimum Gasteiger partial charge on any atom is -0.513 e. The van der Waals surface area contributed by atoms with Crippen LogP contribution in [0.2, 0.25) is 0 Å². The predicted molar refractivity (Wildman–Crippen MR) is 73.6 cm³/mol. The lowest BCUT2D eigenvalue weighted by atomic mass is 9.81. The van der Waals surface area contributed by atoms with Crippen molar-refractivity contribution in [2.45, 2.75) is 47.0 Å². The molecule has 0 heterocycles. The van der Waals surface area contributed by atoms with Crippen molar-refractivity contribution in [1.29, 1.82) is 0 Å². The highest BCUT2D eigenvalue weighted by molar-refractivity contribution is 5.41. The van der Waals surface area contributed by atoms with E-state index < -0.39 is 0 Å². The van der Waals surface area contributed by atoms with Gasteiger partial charge in [0.2, 0.25) is 0 Å². The number of aromatic hydroxyl groups is 1. The van der Waals surface area contributed by atoms with Gasteiger partial charge in [-0.05, 0) is 43.2 Å². The number of aliphatic hydroxyl groups excluding tert-OH is 1. The Labute approximate surface area is 105 Å². The zero-order valence-electron chi connectivity index (χ0n) is 11.7. The van der Waals surface area contributed by atoms with Crippen LogP contribution in [0.5, 0.6) is 5.75 Å². The van der Waals surface area contributed by atoms with Crippen LogP contribution in [0.25, 0.3) is 0 Å². The summed E-state index contributed by atoms with van der Waals surface area (Å²) in [5.41, 5.74) is 1.85. The van der Waals surface area contributed by atoms with Gasteiger partial charge >= 0.3 is 0 Å². The third-order valence-electron chi connectivity index (χ3n) is 2.49. The molecule has 2 heteroatoms. The predicted octanol–water partition coefficient (Wildman–Crippen LogP) is 4.47. The Kier molecular flexibility index (Phi) is 5.80. The average molecular weight is 236 g/mol. The summed E-state index contributed by atoms with van der Waals surface area (Å²) in [7, 11) is 0. The molecule has 2 N–H and O–H groups in total. The lowest BCUT2D eigenvalue weighted by Gasteiger charge is -2.23. The molecule has 1 aromatic carbocycles. The standard InChI is InChI=1S/C13H18O2.C2H6/c1-9-5-6-11(15)7-12(9)13(3,4)8-10(2)14;1-2/h5-8,14-15H,1-4H3;1-2H3/b10-8+;. The summed E-state index contributed by atoms with van der Waals surface area (Å²) in [5.74, 6) is 0.551. The SMILES string of the molecule is C/C(O)=C\C(C)(C)c1cc(O)ccc1C.CC. The molecule has 0 bridgehead atoms. The van der Waals surface area contributed by atoms with Crippen LogP contribution in [-0.4, -0.2) is 10.2 Å². The summed E-state index contributed by atoms with van der Waals surface area (Å²) >= 11 is 0. The molecule has 1 rings (SSSR count). The number of aryl methyl sites for hydroxylation is 1. The van der Waals surface area contributed by atoms with Gasteiger partial charge in [0, 0.05) is 5.41 Å². The van der Waals surface area contributed by atoms with Crippen LogP contribution in [-0.2, 0) is 5.41 Å². The van der Waals surface area contributed by atoms with Gasteiger partial charge in [-0.2, -0.15) is 0 Å². The summed E-state index contributed by atoms with van der Waals surface area (Å²) in [6.07, 6.45) is 1.79. The van der Waals surface area contributed by atoms with Crippen molar-refractivity contribution >= 4 is 0 Å². The van der Waals surface area contributed by atoms with Crippen molar-refractivity contribution in [2.75, 3.05) is 0 Å². The molecule has 0 radical (unpaired) electrons. The van der Waals surface area contributed by atoms with Gasteiger partial charge in [-0.15, -0.1) is 0 Å². The topological polar surface area (TPSA) is 40.5 Å². The molecule has 2 nitrogen and oxygen atoms in total. The zero-order valence-corrected chi connectivity index (χ0v) is 11.7. The van der Waals surface area contributed by atoms with Crippen LogP contribution in [0.1, 0.15) is 45.7 Å². The molecule has 0 aliphatic rings. The minimum atomic E-state index is -0.276. The molecule has 0 fully saturated rings. The largest absolute Gasteiger partial charge is 0.513 e. The fourth-order valence-corrected chi connectivity index (χ4v) is 1.90. The Bertz CT molecular complexity index is 386. The van der Waals surface area contributed by atoms with Gasteiger partial charge < -0.3 is 10.2 Å². The van der Waals surface area contributed by atoms with Gasteiger partial charge in [-0.3, -0.25) is 0 Å². The Morgan fingerprint density at radius 2 is 1.76 bits per heavy atom. The highest BCUT2D eigenvalue weighted by atomic mass is 16.3. The van der Waals surface area contributed by atoms with Gasteiger partial charge in [0.1, 0.15) is 5.75 Å². The maximum Gasteiger partial charge on any atom is 0.115 e. The van der Waals surface area contributed by atoms with E-state index in [0.717, 1.165) is 11.1 Å². The molecule has 0 aliphatic carbocycles. The molecule has 17 heavy (non-hydrogen) atoms. The average Bonchev–Trinajstić information content (AvgIpc) is 2.22. The Morgan fingerprint density at radius 3 is 2.24 bits per heavy atom. The molecule has 0 aliphatic heterocycles. The maximum absolute atomic E-state index is 9.45. The van der Waals surface area contributed by atoms with E-state index >= 15 is 0 Å². The smallest absolute Gasteiger partial charge is 0.115 e. The summed E-state index contributed by atoms with van der Waals surface area (Å²) in [6.45, 7) is 11.7. The van der Waals surface area contributed by atoms with Crippen molar-refractivity contribution in [3.05, 3.63) is 41.2 Å². The van der Waals surface area contributed by atoms with Gasteiger partial charge in [0.25, 0.3) is 0 Å². The molecular formula is C15H24O2. The Hall–Kier alpha value is -1.44. The molecule has 1 aromatic rings. The maximum atomic E-state index is 9.45. The number of allylic oxidation sites excluding steroid dienone is 2. The van der Waals surface area contributed by atoms with Crippen LogP contribution < -0.4 is 0 Å². The lowest BCUT2D eigenvalue weighted by Crippen LogP contribution is -2.15. The monoisotopic (exact) mass is 236 g/mol. The van der Waals surface area contributed by atoms with Crippen molar-refractivity contribution in [2.24, 2.45) is 0 Å². The van der Waals surface area contributed by atoms with Crippen molar-refractivity contribution in [3.63, 3.8) is 0 Å². The first-order valence-corrected chi connectivity index (χ1v) is 6.01. The van der Waals surface area contributed by atoms with Gasteiger partial charge in [0.05, 0.1) is 5.76 Å². The fourth-order valence-electron chi connectivity index (χ4n) is 1.90. The van der Waals surface area contributed by atoms with Crippen molar-refractivity contribution < 1.29 is 10.2 Å². The third-order valence-corrected chi connectivity index (χ3v) is 2.49. The molecule has 0 amide bonds. The van der Waals surface area contributed by atoms with E-state index in [-0.39, 0.29) is 11.2 Å². The second-order valence-electron chi connectivity index (χ2n) is 4.51. The van der Waals surface area contributed by atoms with Gasteiger partial charge in [-0.25, -0.2) is 0 Å². The highest BCUT2D eigenvalue weighted by Crippen LogP contribution is 2.30. The van der Waals surface area contributed by atoms with Gasteiger partial charge in [-0.1, -0.05) is 33.8 Å². The van der Waals surface area contributed by atoms with E-state index in [0.29, 0.717) is 5.76 Å². The van der Waals surface area contributed by atoms with Gasteiger partial charge in [0.15, 0.2) is 0 Å². The van der Waals surface area contributed by atoms with Crippen LogP contribution >= 0.6 is 0 Å². The molecule has 0 saturated carbocycles. The Balaban J connectivity index is 0.00000121. The first kappa shape index (κ1) is 15.6. The number of rotatable bonds is 2. The summed E-state index contributed by atoms with van der Waals surface area (Å²) in [6, 6.07) is 5.30. The number of aliphatic hydroxyl groups is 1. The number of benzene rings is 1. The second kappa shape index (κ2) is 6.33. The zero-order chi connectivity index (χ0) is 13.6. The van der Waals surface area contributed by atoms with Crippen LogP contribution in [0.15, 0.2) is 30.0 Å². The molecule has 0 unspecified atom stereocenters. The minimum absolute atomic E-state index is 0.257. The summed E-state index contributed by atoms with van der Waals surface area (Å²) in [5, 5.41) is 18.8. The van der Waals surface area contributed by atoms with E-state index in [1.165, 1.54) is 0 Å². The van der Waals surface area contributed by atoms with Crippen LogP contribution in [0.3, 0.4) is 0 Å². The van der Waals surface area contributed by atoms with E-state index in [4.69, 9.17) is 0 Å². The van der Waals surface area contributed by atoms with Crippen molar-refractivity contribution in [3.8, 4) is 5.75 Å². The molecular weight excluding hydrogens is 212 g/mol. The summed E-state index contributed by atoms with van der Waals surface area (Å²) < 4.78 is 0. The first-order valence-electron chi connectivity index (χ1n) is 6.01. The quantitative estimate of drug-likeness (QED) is 0.744. The second-order valence-corrected chi connectivity index (χ2v) is 4.51.